The van der Waals surface area contributed by atoms with Crippen LogP contribution in [0.3, 0.4) is 0 Å². The molecule has 166 valence electrons. The maximum Gasteiger partial charge on any atom is 0.338 e. The molecule has 3 aliphatic heterocycles. The normalized spacial score (nSPS) is 20.3. The Kier molecular flexibility index (Phi) is 4.64. The minimum atomic E-state index is -0.181. The standard InChI is InChI=1S/C24H28N6O2/c1-17-18(2-3-20-21(17)14-32-22(20)31)4-8-28-9-5-24(6-10-28)7-11-29(15-24)19-12-25-23-27-26-16-30(23)13-19/h2-3,12-13,16H,4-11,14-15H2,1H3. The zero-order valence-corrected chi connectivity index (χ0v) is 18.5. The second kappa shape index (κ2) is 7.55. The van der Waals surface area contributed by atoms with Crippen LogP contribution < -0.4 is 4.90 Å². The molecule has 0 saturated carbocycles. The van der Waals surface area contributed by atoms with Gasteiger partial charge in [-0.1, -0.05) is 6.07 Å². The molecule has 0 unspecified atom stereocenters. The van der Waals surface area contributed by atoms with Crippen LogP contribution in [-0.2, 0) is 17.8 Å². The van der Waals surface area contributed by atoms with E-state index in [2.05, 4.69) is 44.2 Å². The van der Waals surface area contributed by atoms with Crippen LogP contribution in [0.15, 0.2) is 30.9 Å². The average Bonchev–Trinajstić information content (AvgIpc) is 3.53. The van der Waals surface area contributed by atoms with Crippen LogP contribution >= 0.6 is 0 Å². The van der Waals surface area contributed by atoms with E-state index in [1.165, 1.54) is 30.4 Å². The van der Waals surface area contributed by atoms with Gasteiger partial charge >= 0.3 is 5.97 Å². The molecule has 0 N–H and O–H groups in total. The molecule has 6 rings (SSSR count). The first-order chi connectivity index (χ1) is 15.6. The molecule has 1 spiro atoms. The molecule has 1 aromatic carbocycles. The van der Waals surface area contributed by atoms with E-state index >= 15 is 0 Å². The molecule has 0 atom stereocenters. The van der Waals surface area contributed by atoms with E-state index in [1.807, 2.05) is 16.7 Å². The summed E-state index contributed by atoms with van der Waals surface area (Å²) in [5, 5.41) is 7.93. The molecular formula is C24H28N6O2. The molecule has 3 aromatic rings. The summed E-state index contributed by atoms with van der Waals surface area (Å²) < 4.78 is 7.09. The number of ether oxygens (including phenoxy) is 1. The molecule has 8 heteroatoms. The number of esters is 1. The third-order valence-corrected chi connectivity index (χ3v) is 7.83. The van der Waals surface area contributed by atoms with Crippen molar-refractivity contribution in [2.75, 3.05) is 37.6 Å². The monoisotopic (exact) mass is 432 g/mol. The predicted molar refractivity (Wildman–Crippen MR) is 120 cm³/mol. The van der Waals surface area contributed by atoms with E-state index < -0.39 is 0 Å². The molecule has 5 heterocycles. The van der Waals surface area contributed by atoms with E-state index in [1.54, 1.807) is 6.33 Å². The van der Waals surface area contributed by atoms with Crippen LogP contribution in [0, 0.1) is 12.3 Å². The smallest absolute Gasteiger partial charge is 0.338 e. The van der Waals surface area contributed by atoms with E-state index in [-0.39, 0.29) is 5.97 Å². The SMILES string of the molecule is Cc1c(CCN2CCC3(CC2)CCN(c2cnc4nncn4c2)C3)ccc2c1COC2=O. The summed E-state index contributed by atoms with van der Waals surface area (Å²) in [6, 6.07) is 4.05. The van der Waals surface area contributed by atoms with Gasteiger partial charge in [-0.25, -0.2) is 9.78 Å². The number of aromatic nitrogens is 4. The van der Waals surface area contributed by atoms with Gasteiger partial charge in [-0.2, -0.15) is 0 Å². The Bertz CT molecular complexity index is 1180. The summed E-state index contributed by atoms with van der Waals surface area (Å²) in [4.78, 5) is 21.3. The van der Waals surface area contributed by atoms with Gasteiger partial charge in [-0.15, -0.1) is 10.2 Å². The van der Waals surface area contributed by atoms with Crippen LogP contribution in [0.5, 0.6) is 0 Å². The van der Waals surface area contributed by atoms with E-state index in [0.717, 1.165) is 56.0 Å². The zero-order chi connectivity index (χ0) is 21.7. The topological polar surface area (TPSA) is 75.9 Å². The number of hydrogen-bond acceptors (Lipinski definition) is 7. The molecule has 3 aliphatic rings. The molecule has 0 radical (unpaired) electrons. The summed E-state index contributed by atoms with van der Waals surface area (Å²) in [6.45, 7) is 8.13. The number of carbonyl (C=O) groups excluding carboxylic acids is 1. The van der Waals surface area contributed by atoms with Crippen molar-refractivity contribution < 1.29 is 9.53 Å². The van der Waals surface area contributed by atoms with Crippen LogP contribution in [0.1, 0.15) is 46.3 Å². The lowest BCUT2D eigenvalue weighted by atomic mass is 9.77. The third-order valence-electron chi connectivity index (χ3n) is 7.83. The Morgan fingerprint density at radius 3 is 2.88 bits per heavy atom. The van der Waals surface area contributed by atoms with Crippen molar-refractivity contribution in [2.45, 2.75) is 39.2 Å². The van der Waals surface area contributed by atoms with E-state index in [0.29, 0.717) is 17.8 Å². The van der Waals surface area contributed by atoms with Gasteiger partial charge in [0.05, 0.1) is 17.4 Å². The average molecular weight is 433 g/mol. The van der Waals surface area contributed by atoms with E-state index in [4.69, 9.17) is 4.74 Å². The number of rotatable bonds is 4. The molecule has 2 fully saturated rings. The molecule has 8 nitrogen and oxygen atoms in total. The fourth-order valence-corrected chi connectivity index (χ4v) is 5.64. The molecule has 2 saturated heterocycles. The molecule has 0 amide bonds. The van der Waals surface area contributed by atoms with Gasteiger partial charge in [0.25, 0.3) is 5.78 Å². The fraction of sp³-hybridized carbons (Fsp3) is 0.500. The number of anilines is 1. The predicted octanol–water partition coefficient (Wildman–Crippen LogP) is 2.64. The summed E-state index contributed by atoms with van der Waals surface area (Å²) in [5.41, 5.74) is 5.97. The van der Waals surface area contributed by atoms with Gasteiger partial charge in [-0.3, -0.25) is 4.40 Å². The van der Waals surface area contributed by atoms with Gasteiger partial charge in [0.1, 0.15) is 12.9 Å². The molecule has 32 heavy (non-hydrogen) atoms. The first-order valence-electron chi connectivity index (χ1n) is 11.5. The van der Waals surface area contributed by atoms with Crippen molar-refractivity contribution >= 4 is 17.4 Å². The highest BCUT2D eigenvalue weighted by Crippen LogP contribution is 2.41. The lowest BCUT2D eigenvalue weighted by Crippen LogP contribution is -2.42. The first kappa shape index (κ1) is 19.7. The maximum atomic E-state index is 11.8. The number of hydrogen-bond donors (Lipinski definition) is 0. The maximum absolute atomic E-state index is 11.8. The van der Waals surface area contributed by atoms with Crippen molar-refractivity contribution in [1.82, 2.24) is 24.5 Å². The minimum absolute atomic E-state index is 0.181. The second-order valence-electron chi connectivity index (χ2n) is 9.57. The lowest BCUT2D eigenvalue weighted by molar-refractivity contribution is 0.0535. The van der Waals surface area contributed by atoms with Crippen LogP contribution in [0.4, 0.5) is 5.69 Å². The molecule has 0 bridgehead atoms. The second-order valence-corrected chi connectivity index (χ2v) is 9.57. The Morgan fingerprint density at radius 2 is 2.00 bits per heavy atom. The number of likely N-dealkylation sites (tertiary alicyclic amines) is 1. The first-order valence-corrected chi connectivity index (χ1v) is 11.5. The number of cyclic esters (lactones) is 1. The molecular weight excluding hydrogens is 404 g/mol. The largest absolute Gasteiger partial charge is 0.457 e. The van der Waals surface area contributed by atoms with Crippen molar-refractivity contribution in [3.05, 3.63) is 53.1 Å². The summed E-state index contributed by atoms with van der Waals surface area (Å²) >= 11 is 0. The Morgan fingerprint density at radius 1 is 1.16 bits per heavy atom. The number of fused-ring (bicyclic) bond motifs is 2. The Balaban J connectivity index is 1.06. The summed E-state index contributed by atoms with van der Waals surface area (Å²) in [7, 11) is 0. The highest BCUT2D eigenvalue weighted by atomic mass is 16.5. The van der Waals surface area contributed by atoms with Crippen molar-refractivity contribution in [3.63, 3.8) is 0 Å². The highest BCUT2D eigenvalue weighted by Gasteiger charge is 2.40. The minimum Gasteiger partial charge on any atom is -0.457 e. The zero-order valence-electron chi connectivity index (χ0n) is 18.5. The van der Waals surface area contributed by atoms with Crippen molar-refractivity contribution in [2.24, 2.45) is 5.41 Å². The van der Waals surface area contributed by atoms with Gasteiger partial charge in [0.2, 0.25) is 0 Å². The van der Waals surface area contributed by atoms with Gasteiger partial charge in [-0.05, 0) is 68.3 Å². The highest BCUT2D eigenvalue weighted by molar-refractivity contribution is 5.93. The van der Waals surface area contributed by atoms with Crippen molar-refractivity contribution in [3.8, 4) is 0 Å². The van der Waals surface area contributed by atoms with Crippen molar-refractivity contribution in [1.29, 1.82) is 0 Å². The number of piperidine rings is 1. The van der Waals surface area contributed by atoms with Gasteiger partial charge in [0.15, 0.2) is 0 Å². The Labute approximate surface area is 187 Å². The quantitative estimate of drug-likeness (QED) is 0.587. The van der Waals surface area contributed by atoms with Crippen LogP contribution in [0.25, 0.3) is 5.78 Å². The summed E-state index contributed by atoms with van der Waals surface area (Å²) in [6.07, 6.45) is 10.5. The molecule has 0 aliphatic carbocycles. The Hall–Kier alpha value is -3.00. The number of nitrogens with zero attached hydrogens (tertiary/aromatic N) is 6. The summed E-state index contributed by atoms with van der Waals surface area (Å²) in [5.74, 6) is 0.465. The van der Waals surface area contributed by atoms with Crippen LogP contribution in [0.2, 0.25) is 0 Å². The van der Waals surface area contributed by atoms with Gasteiger partial charge < -0.3 is 14.5 Å². The number of carbonyl (C=O) groups is 1. The van der Waals surface area contributed by atoms with E-state index in [9.17, 15) is 4.79 Å². The lowest BCUT2D eigenvalue weighted by Gasteiger charge is -2.39. The number of benzene rings is 1. The van der Waals surface area contributed by atoms with Crippen LogP contribution in [-0.4, -0.2) is 63.2 Å². The molecule has 2 aromatic heterocycles. The van der Waals surface area contributed by atoms with Gasteiger partial charge in [0, 0.05) is 31.4 Å². The fourth-order valence-electron chi connectivity index (χ4n) is 5.64. The third kappa shape index (κ3) is 3.33.